The van der Waals surface area contributed by atoms with Gasteiger partial charge in [0.15, 0.2) is 0 Å². The van der Waals surface area contributed by atoms with Crippen LogP contribution >= 0.6 is 0 Å². The minimum atomic E-state index is -0.297. The molecular weight excluding hydrogens is 263 g/mol. The van der Waals surface area contributed by atoms with Crippen LogP contribution < -0.4 is 0 Å². The van der Waals surface area contributed by atoms with Gasteiger partial charge >= 0.3 is 32.7 Å². The first-order valence-electron chi connectivity index (χ1n) is 4.65. The van der Waals surface area contributed by atoms with Gasteiger partial charge in [-0.15, -0.1) is 0 Å². The van der Waals surface area contributed by atoms with E-state index in [1.165, 1.54) is 5.56 Å². The van der Waals surface area contributed by atoms with E-state index in [1.807, 2.05) is 38.1 Å². The normalized spacial score (nSPS) is 10.0. The van der Waals surface area contributed by atoms with Crippen LogP contribution in [0.4, 0.5) is 0 Å². The molecule has 0 heterocycles. The molecule has 0 aliphatic rings. The van der Waals surface area contributed by atoms with Gasteiger partial charge in [0.25, 0.3) is 0 Å². The summed E-state index contributed by atoms with van der Waals surface area (Å²) in [6.45, 7) is 3.89. The Morgan fingerprint density at radius 2 is 2.00 bits per heavy atom. The van der Waals surface area contributed by atoms with Gasteiger partial charge in [-0.2, -0.15) is 35.9 Å². The Morgan fingerprint density at radius 3 is 2.53 bits per heavy atom. The van der Waals surface area contributed by atoms with Crippen LogP contribution in [0, 0.1) is 6.07 Å². The zero-order valence-corrected chi connectivity index (χ0v) is 12.0. The van der Waals surface area contributed by atoms with Crippen molar-refractivity contribution in [2.45, 2.75) is 32.2 Å². The average molecular weight is 277 g/mol. The van der Waals surface area contributed by atoms with Crippen LogP contribution in [0.2, 0.25) is 0 Å². The van der Waals surface area contributed by atoms with E-state index in [0.29, 0.717) is 0 Å². The summed E-state index contributed by atoms with van der Waals surface area (Å²) in [6, 6.07) is 10.8. The number of azide groups is 1. The van der Waals surface area contributed by atoms with Gasteiger partial charge in [-0.3, -0.25) is 0 Å². The summed E-state index contributed by atoms with van der Waals surface area (Å²) in [4.78, 5) is 2.84. The summed E-state index contributed by atoms with van der Waals surface area (Å²) >= 11 is 0. The van der Waals surface area contributed by atoms with Crippen LogP contribution in [0.3, 0.4) is 0 Å². The van der Waals surface area contributed by atoms with Crippen molar-refractivity contribution >= 4 is 0 Å². The fraction of sp³-hybridized carbons (Fsp3) is 0.455. The van der Waals surface area contributed by atoms with Crippen molar-refractivity contribution in [2.75, 3.05) is 0 Å². The summed E-state index contributed by atoms with van der Waals surface area (Å²) in [5.74, 6) is 0. The number of hydrogen-bond acceptors (Lipinski definition) is 1. The number of benzene rings is 1. The van der Waals surface area contributed by atoms with E-state index in [-0.39, 0.29) is 38.2 Å². The molecule has 0 aromatic heterocycles. The van der Waals surface area contributed by atoms with Crippen molar-refractivity contribution in [2.24, 2.45) is 5.11 Å². The van der Waals surface area contributed by atoms with Crippen molar-refractivity contribution in [3.63, 3.8) is 0 Å². The molecular formula is C11H14N3Y+2. The van der Waals surface area contributed by atoms with E-state index in [9.17, 15) is 0 Å². The molecule has 0 N–H and O–H groups in total. The molecule has 0 spiro atoms. The van der Waals surface area contributed by atoms with Gasteiger partial charge in [-0.25, -0.2) is 0 Å². The first-order valence-corrected chi connectivity index (χ1v) is 4.65. The molecule has 1 rings (SSSR count). The maximum atomic E-state index is 8.35. The monoisotopic (exact) mass is 277 g/mol. The molecule has 0 aliphatic heterocycles. The smallest absolute Gasteiger partial charge is 0.184 e. The molecule has 1 aromatic rings. The Bertz CT molecular complexity index is 329. The van der Waals surface area contributed by atoms with Crippen molar-refractivity contribution in [3.05, 3.63) is 46.3 Å². The zero-order chi connectivity index (χ0) is 10.4. The van der Waals surface area contributed by atoms with Crippen molar-refractivity contribution in [3.8, 4) is 0 Å². The van der Waals surface area contributed by atoms with E-state index >= 15 is 0 Å². The second-order valence-corrected chi connectivity index (χ2v) is 3.91. The Kier molecular flexibility index (Phi) is 6.83. The fourth-order valence-electron chi connectivity index (χ4n) is 1.21. The molecule has 0 atom stereocenters. The summed E-state index contributed by atoms with van der Waals surface area (Å²) in [7, 11) is 0. The molecule has 0 unspecified atom stereocenters. The largest absolute Gasteiger partial charge is 3.00 e. The first kappa shape index (κ1) is 14.6. The van der Waals surface area contributed by atoms with Crippen LogP contribution in [0.15, 0.2) is 29.4 Å². The van der Waals surface area contributed by atoms with Gasteiger partial charge in [0.1, 0.15) is 0 Å². The maximum absolute atomic E-state index is 8.35. The van der Waals surface area contributed by atoms with Gasteiger partial charge in [-0.1, -0.05) is 19.0 Å². The molecule has 0 fully saturated rings. The van der Waals surface area contributed by atoms with E-state index in [0.717, 1.165) is 12.8 Å². The number of hydrogen-bond donors (Lipinski definition) is 0. The van der Waals surface area contributed by atoms with Crippen LogP contribution in [-0.2, 0) is 39.1 Å². The predicted molar refractivity (Wildman–Crippen MR) is 56.8 cm³/mol. The topological polar surface area (TPSA) is 48.8 Å². The van der Waals surface area contributed by atoms with Crippen LogP contribution in [0.1, 0.15) is 25.8 Å². The Morgan fingerprint density at radius 1 is 1.40 bits per heavy atom. The number of aryl methyl sites for hydroxylation is 1. The van der Waals surface area contributed by atoms with Gasteiger partial charge < -0.3 is 0 Å². The van der Waals surface area contributed by atoms with Crippen molar-refractivity contribution < 1.29 is 32.7 Å². The molecule has 0 aliphatic carbocycles. The second kappa shape index (κ2) is 7.00. The minimum Gasteiger partial charge on any atom is -0.184 e. The minimum absolute atomic E-state index is 0. The zero-order valence-electron chi connectivity index (χ0n) is 9.14. The molecule has 4 heteroatoms. The summed E-state index contributed by atoms with van der Waals surface area (Å²) in [5, 5.41) is 3.74. The molecule has 0 amide bonds. The maximum Gasteiger partial charge on any atom is 3.00 e. The predicted octanol–water partition coefficient (Wildman–Crippen LogP) is 3.51. The standard InChI is InChI=1S/C11H14N3.Y/c1-11(2,13-14-12)9-8-10-6-4-3-5-7-10;/h4-7H,8-9H2,1-2H3;/q-1;+3. The Hall–Kier alpha value is -0.366. The van der Waals surface area contributed by atoms with Crippen molar-refractivity contribution in [1.29, 1.82) is 0 Å². The molecule has 15 heavy (non-hydrogen) atoms. The van der Waals surface area contributed by atoms with Crippen LogP contribution in [-0.4, -0.2) is 5.54 Å². The Labute approximate surface area is 116 Å². The fourth-order valence-corrected chi connectivity index (χ4v) is 1.21. The van der Waals surface area contributed by atoms with Crippen molar-refractivity contribution in [1.82, 2.24) is 0 Å². The molecule has 0 radical (unpaired) electrons. The van der Waals surface area contributed by atoms with Gasteiger partial charge in [-0.05, 0) is 18.4 Å². The van der Waals surface area contributed by atoms with Crippen LogP contribution in [0.5, 0.6) is 0 Å². The molecule has 3 nitrogen and oxygen atoms in total. The van der Waals surface area contributed by atoms with E-state index in [4.69, 9.17) is 5.53 Å². The average Bonchev–Trinajstić information content (AvgIpc) is 2.17. The van der Waals surface area contributed by atoms with E-state index in [1.54, 1.807) is 0 Å². The summed E-state index contributed by atoms with van der Waals surface area (Å²) < 4.78 is 0. The van der Waals surface area contributed by atoms with Gasteiger partial charge in [0.05, 0.1) is 0 Å². The number of nitrogens with zero attached hydrogens (tertiary/aromatic N) is 3. The molecule has 0 saturated carbocycles. The quantitative estimate of drug-likeness (QED) is 0.350. The summed E-state index contributed by atoms with van der Waals surface area (Å²) in [5.41, 5.74) is 9.31. The third kappa shape index (κ3) is 5.93. The van der Waals surface area contributed by atoms with Gasteiger partial charge in [0.2, 0.25) is 0 Å². The van der Waals surface area contributed by atoms with E-state index < -0.39 is 0 Å². The summed E-state index contributed by atoms with van der Waals surface area (Å²) in [6.07, 6.45) is 1.79. The number of rotatable bonds is 4. The third-order valence-electron chi connectivity index (χ3n) is 2.13. The van der Waals surface area contributed by atoms with Gasteiger partial charge in [0, 0.05) is 10.5 Å². The first-order chi connectivity index (χ1) is 6.64. The van der Waals surface area contributed by atoms with E-state index in [2.05, 4.69) is 16.1 Å². The molecule has 74 valence electrons. The molecule has 0 saturated heterocycles. The Balaban J connectivity index is 0.00000196. The molecule has 0 bridgehead atoms. The molecule has 1 aromatic carbocycles. The second-order valence-electron chi connectivity index (χ2n) is 3.91. The van der Waals surface area contributed by atoms with Crippen LogP contribution in [0.25, 0.3) is 10.4 Å². The SMILES string of the molecule is CC(C)(CCc1cc[c-]cc1)N=[N+]=[N-].[Y+3]. The third-order valence-corrected chi connectivity index (χ3v) is 2.13.